The average Bonchev–Trinajstić information content (AvgIpc) is 3.03. The largest absolute Gasteiger partial charge is 0.490 e. The number of likely N-dealkylation sites (tertiary alicyclic amines) is 1. The van der Waals surface area contributed by atoms with E-state index in [1.165, 1.54) is 0 Å². The van der Waals surface area contributed by atoms with Gasteiger partial charge >= 0.3 is 5.97 Å². The number of carbonyl (C=O) groups excluding carboxylic acids is 1. The molecule has 0 radical (unpaired) electrons. The Morgan fingerprint density at radius 2 is 1.77 bits per heavy atom. The van der Waals surface area contributed by atoms with Crippen LogP contribution >= 0.6 is 0 Å². The highest BCUT2D eigenvalue weighted by Gasteiger charge is 2.34. The third-order valence-electron chi connectivity index (χ3n) is 5.42. The van der Waals surface area contributed by atoms with Crippen molar-refractivity contribution in [3.8, 4) is 5.75 Å². The Morgan fingerprint density at radius 3 is 2.53 bits per heavy atom. The number of hydrogen-bond donors (Lipinski definition) is 0. The number of para-hydroxylation sites is 1. The quantitative estimate of drug-likeness (QED) is 0.538. The van der Waals surface area contributed by atoms with Crippen LogP contribution in [0.2, 0.25) is 0 Å². The molecule has 0 aliphatic carbocycles. The summed E-state index contributed by atoms with van der Waals surface area (Å²) in [6.45, 7) is 3.59. The Kier molecular flexibility index (Phi) is 5.76. The van der Waals surface area contributed by atoms with Crippen molar-refractivity contribution in [1.82, 2.24) is 4.90 Å². The highest BCUT2D eigenvalue weighted by atomic mass is 32.2. The Morgan fingerprint density at radius 1 is 1.07 bits per heavy atom. The van der Waals surface area contributed by atoms with Crippen LogP contribution in [0.15, 0.2) is 57.8 Å². The zero-order valence-corrected chi connectivity index (χ0v) is 17.6. The first-order valence-electron chi connectivity index (χ1n) is 10.00. The van der Waals surface area contributed by atoms with Gasteiger partial charge in [-0.2, -0.15) is 8.42 Å². The van der Waals surface area contributed by atoms with Gasteiger partial charge in [0.05, 0.1) is 5.92 Å². The van der Waals surface area contributed by atoms with Crippen LogP contribution in [0.1, 0.15) is 24.0 Å². The van der Waals surface area contributed by atoms with Gasteiger partial charge in [0.15, 0.2) is 5.84 Å². The summed E-state index contributed by atoms with van der Waals surface area (Å²) >= 11 is 0. The molecule has 2 aliphatic rings. The lowest BCUT2D eigenvalue weighted by atomic mass is 9.96. The molecule has 8 heteroatoms. The number of hydrogen-bond acceptors (Lipinski definition) is 6. The third kappa shape index (κ3) is 4.18. The first-order valence-corrected chi connectivity index (χ1v) is 11.4. The monoisotopic (exact) mass is 428 g/mol. The summed E-state index contributed by atoms with van der Waals surface area (Å²) in [5.41, 5.74) is 1.67. The predicted molar refractivity (Wildman–Crippen MR) is 112 cm³/mol. The summed E-state index contributed by atoms with van der Waals surface area (Å²) < 4.78 is 39.5. The van der Waals surface area contributed by atoms with Crippen molar-refractivity contribution in [3.05, 3.63) is 59.7 Å². The van der Waals surface area contributed by atoms with E-state index in [4.69, 9.17) is 9.47 Å². The smallest absolute Gasteiger partial charge is 0.309 e. The zero-order valence-electron chi connectivity index (χ0n) is 16.8. The fourth-order valence-electron chi connectivity index (χ4n) is 3.77. The first-order chi connectivity index (χ1) is 14.5. The Bertz CT molecular complexity index is 1070. The summed E-state index contributed by atoms with van der Waals surface area (Å²) in [6, 6.07) is 14.5. The molecule has 0 aromatic heterocycles. The molecule has 0 bridgehead atoms. The minimum atomic E-state index is -3.63. The predicted octanol–water partition coefficient (Wildman–Crippen LogP) is 2.78. The van der Waals surface area contributed by atoms with Crippen LogP contribution in [0.3, 0.4) is 0 Å². The van der Waals surface area contributed by atoms with Crippen molar-refractivity contribution in [2.24, 2.45) is 10.3 Å². The molecule has 0 saturated carbocycles. The maximum Gasteiger partial charge on any atom is 0.309 e. The zero-order chi connectivity index (χ0) is 21.1. The second-order valence-electron chi connectivity index (χ2n) is 7.43. The van der Waals surface area contributed by atoms with Crippen molar-refractivity contribution in [1.29, 1.82) is 0 Å². The molecular formula is C22H24N2O5S. The van der Waals surface area contributed by atoms with Gasteiger partial charge in [-0.25, -0.2) is 0 Å². The Labute approximate surface area is 176 Å². The van der Waals surface area contributed by atoms with Crippen LogP contribution in [0, 0.1) is 12.8 Å². The van der Waals surface area contributed by atoms with Crippen LogP contribution in [0.4, 0.5) is 0 Å². The molecule has 2 aromatic rings. The molecule has 1 saturated heterocycles. The first kappa shape index (κ1) is 20.4. The van der Waals surface area contributed by atoms with Gasteiger partial charge in [0, 0.05) is 18.7 Å². The van der Waals surface area contributed by atoms with E-state index < -0.39 is 10.0 Å². The average molecular weight is 429 g/mol. The van der Waals surface area contributed by atoms with E-state index in [0.29, 0.717) is 43.9 Å². The van der Waals surface area contributed by atoms with Crippen molar-refractivity contribution in [2.45, 2.75) is 24.7 Å². The molecule has 0 N–H and O–H groups in total. The summed E-state index contributed by atoms with van der Waals surface area (Å²) in [7, 11) is -3.63. The Hall–Kier alpha value is -2.87. The van der Waals surface area contributed by atoms with Crippen molar-refractivity contribution in [3.63, 3.8) is 0 Å². The molecular weight excluding hydrogens is 404 g/mol. The number of amidine groups is 1. The van der Waals surface area contributed by atoms with E-state index in [1.54, 1.807) is 24.3 Å². The SMILES string of the molecule is Cc1ccccc1OCCOC(=O)C1CCN(C2=NS(=O)(=O)c3ccccc32)CC1. The highest BCUT2D eigenvalue weighted by molar-refractivity contribution is 7.90. The molecule has 0 amide bonds. The number of fused-ring (bicyclic) bond motifs is 1. The molecule has 1 fully saturated rings. The number of aryl methyl sites for hydroxylation is 1. The van der Waals surface area contributed by atoms with Crippen molar-refractivity contribution >= 4 is 21.8 Å². The van der Waals surface area contributed by atoms with Gasteiger partial charge in [0.1, 0.15) is 23.9 Å². The lowest BCUT2D eigenvalue weighted by Crippen LogP contribution is -2.40. The number of piperidine rings is 1. The van der Waals surface area contributed by atoms with Gasteiger partial charge in [-0.05, 0) is 43.5 Å². The maximum atomic E-state index is 12.4. The summed E-state index contributed by atoms with van der Waals surface area (Å²) in [4.78, 5) is 14.6. The lowest BCUT2D eigenvalue weighted by Gasteiger charge is -2.32. The number of ether oxygens (including phenoxy) is 2. The van der Waals surface area contributed by atoms with Gasteiger partial charge in [0.2, 0.25) is 0 Å². The second-order valence-corrected chi connectivity index (χ2v) is 9.00. The highest BCUT2D eigenvalue weighted by Crippen LogP contribution is 2.29. The molecule has 2 heterocycles. The summed E-state index contributed by atoms with van der Waals surface area (Å²) in [5.74, 6) is 0.830. The molecule has 2 aliphatic heterocycles. The number of esters is 1. The molecule has 0 spiro atoms. The molecule has 0 atom stereocenters. The molecule has 158 valence electrons. The van der Waals surface area contributed by atoms with Gasteiger partial charge in [-0.1, -0.05) is 30.3 Å². The van der Waals surface area contributed by atoms with Gasteiger partial charge < -0.3 is 14.4 Å². The van der Waals surface area contributed by atoms with E-state index >= 15 is 0 Å². The fourth-order valence-corrected chi connectivity index (χ4v) is 5.00. The molecule has 30 heavy (non-hydrogen) atoms. The van der Waals surface area contributed by atoms with Gasteiger partial charge in [0.25, 0.3) is 10.0 Å². The number of nitrogens with zero attached hydrogens (tertiary/aromatic N) is 2. The number of carbonyl (C=O) groups is 1. The van der Waals surface area contributed by atoms with Crippen LogP contribution in [0.25, 0.3) is 0 Å². The van der Waals surface area contributed by atoms with E-state index in [1.807, 2.05) is 36.1 Å². The van der Waals surface area contributed by atoms with Crippen LogP contribution in [-0.4, -0.2) is 51.4 Å². The van der Waals surface area contributed by atoms with E-state index in [0.717, 1.165) is 11.3 Å². The topological polar surface area (TPSA) is 85.3 Å². The standard InChI is InChI=1S/C22H24N2O5S/c1-16-6-2-4-8-19(16)28-14-15-29-22(25)17-10-12-24(13-11-17)21-18-7-3-5-9-20(18)30(26,27)23-21/h2-9,17H,10-15H2,1H3. The maximum absolute atomic E-state index is 12.4. The summed E-state index contributed by atoms with van der Waals surface area (Å²) in [5, 5.41) is 0. The second kappa shape index (κ2) is 8.47. The molecule has 7 nitrogen and oxygen atoms in total. The molecule has 2 aromatic carbocycles. The van der Waals surface area contributed by atoms with E-state index in [2.05, 4.69) is 4.40 Å². The number of sulfonamides is 1. The Balaban J connectivity index is 1.27. The fraction of sp³-hybridized carbons (Fsp3) is 0.364. The van der Waals surface area contributed by atoms with Gasteiger partial charge in [-0.3, -0.25) is 4.79 Å². The van der Waals surface area contributed by atoms with Crippen molar-refractivity contribution < 1.29 is 22.7 Å². The lowest BCUT2D eigenvalue weighted by molar-refractivity contribution is -0.150. The van der Waals surface area contributed by atoms with Crippen molar-refractivity contribution in [2.75, 3.05) is 26.3 Å². The minimum absolute atomic E-state index is 0.200. The third-order valence-corrected chi connectivity index (χ3v) is 6.74. The molecule has 4 rings (SSSR count). The normalized spacial score (nSPS) is 17.9. The van der Waals surface area contributed by atoms with Crippen LogP contribution in [-0.2, 0) is 19.6 Å². The summed E-state index contributed by atoms with van der Waals surface area (Å²) in [6.07, 6.45) is 1.19. The van der Waals surface area contributed by atoms with Gasteiger partial charge in [-0.15, -0.1) is 4.40 Å². The van der Waals surface area contributed by atoms with E-state index in [-0.39, 0.29) is 23.4 Å². The number of benzene rings is 2. The molecule has 0 unspecified atom stereocenters. The van der Waals surface area contributed by atoms with Crippen LogP contribution in [0.5, 0.6) is 5.75 Å². The number of rotatable bonds is 5. The van der Waals surface area contributed by atoms with E-state index in [9.17, 15) is 13.2 Å². The van der Waals surface area contributed by atoms with Crippen LogP contribution < -0.4 is 4.74 Å². The minimum Gasteiger partial charge on any atom is -0.490 e.